The van der Waals surface area contributed by atoms with Gasteiger partial charge in [0, 0.05) is 29.2 Å². The van der Waals surface area contributed by atoms with Crippen LogP contribution in [0.4, 0.5) is 0 Å². The summed E-state index contributed by atoms with van der Waals surface area (Å²) in [6.07, 6.45) is 7.43. The van der Waals surface area contributed by atoms with Crippen LogP contribution in [0.5, 0.6) is 0 Å². The monoisotopic (exact) mass is 572 g/mol. The van der Waals surface area contributed by atoms with E-state index in [0.29, 0.717) is 24.0 Å². The molecule has 3 N–H and O–H groups in total. The number of carbonyl (C=O) groups is 3. The Hall–Kier alpha value is -2.29. The minimum Gasteiger partial charge on any atom is -0.458 e. The highest BCUT2D eigenvalue weighted by Gasteiger charge is 2.83. The first-order chi connectivity index (χ1) is 19.2. The molecule has 4 aliphatic carbocycles. The number of rotatable bonds is 10. The van der Waals surface area contributed by atoms with Crippen LogP contribution in [0.2, 0.25) is 0 Å². The highest BCUT2D eigenvalue weighted by molar-refractivity contribution is 5.96. The van der Waals surface area contributed by atoms with Crippen molar-refractivity contribution in [3.05, 3.63) is 34.9 Å². The van der Waals surface area contributed by atoms with Crippen molar-refractivity contribution in [1.29, 1.82) is 0 Å². The van der Waals surface area contributed by atoms with Gasteiger partial charge in [0.2, 0.25) is 0 Å². The van der Waals surface area contributed by atoms with E-state index in [9.17, 15) is 29.7 Å². The Morgan fingerprint density at radius 3 is 2.44 bits per heavy atom. The molecule has 8 heteroatoms. The third-order valence-electron chi connectivity index (χ3n) is 10.8. The lowest BCUT2D eigenvalue weighted by Gasteiger charge is -2.49. The van der Waals surface area contributed by atoms with Crippen LogP contribution in [-0.2, 0) is 23.9 Å². The molecule has 0 aromatic rings. The van der Waals surface area contributed by atoms with Crippen molar-refractivity contribution in [3.63, 3.8) is 0 Å². The van der Waals surface area contributed by atoms with Gasteiger partial charge in [0.15, 0.2) is 17.5 Å². The molecule has 0 aliphatic heterocycles. The number of fused-ring (bicyclic) bond motifs is 3. The van der Waals surface area contributed by atoms with E-state index in [1.54, 1.807) is 39.0 Å². The van der Waals surface area contributed by atoms with Gasteiger partial charge in [-0.05, 0) is 50.7 Å². The van der Waals surface area contributed by atoms with Gasteiger partial charge in [0.05, 0.1) is 12.0 Å². The van der Waals surface area contributed by atoms with Crippen LogP contribution in [-0.4, -0.2) is 63.1 Å². The predicted molar refractivity (Wildman–Crippen MR) is 153 cm³/mol. The van der Waals surface area contributed by atoms with Crippen molar-refractivity contribution in [1.82, 2.24) is 0 Å². The maximum absolute atomic E-state index is 14.7. The summed E-state index contributed by atoms with van der Waals surface area (Å²) in [6, 6.07) is 0. The lowest BCUT2D eigenvalue weighted by molar-refractivity contribution is -0.203. The molecule has 2 bridgehead atoms. The van der Waals surface area contributed by atoms with Gasteiger partial charge in [-0.15, -0.1) is 0 Å². The number of aliphatic hydroxyl groups excluding tert-OH is 2. The molecule has 228 valence electrons. The van der Waals surface area contributed by atoms with E-state index in [2.05, 4.69) is 6.92 Å². The van der Waals surface area contributed by atoms with Crippen molar-refractivity contribution in [2.24, 2.45) is 28.6 Å². The Labute approximate surface area is 243 Å². The maximum atomic E-state index is 14.7. The number of carbonyl (C=O) groups excluding carboxylic acids is 3. The molecule has 0 amide bonds. The Kier molecular flexibility index (Phi) is 8.55. The van der Waals surface area contributed by atoms with E-state index in [1.165, 1.54) is 0 Å². The second kappa shape index (κ2) is 11.1. The minimum absolute atomic E-state index is 0.0904. The summed E-state index contributed by atoms with van der Waals surface area (Å²) in [5.41, 5.74) is -4.52. The van der Waals surface area contributed by atoms with Crippen LogP contribution < -0.4 is 0 Å². The minimum atomic E-state index is -2.26. The quantitative estimate of drug-likeness (QED) is 0.152. The predicted octanol–water partition coefficient (Wildman–Crippen LogP) is 4.36. The van der Waals surface area contributed by atoms with Crippen molar-refractivity contribution in [3.8, 4) is 0 Å². The molecule has 0 aromatic carbocycles. The van der Waals surface area contributed by atoms with E-state index >= 15 is 0 Å². The highest BCUT2D eigenvalue weighted by atomic mass is 16.6. The number of hydrogen-bond acceptors (Lipinski definition) is 8. The van der Waals surface area contributed by atoms with Crippen LogP contribution in [0.15, 0.2) is 34.9 Å². The molecule has 4 rings (SSSR count). The number of allylic oxidation sites excluding steroid dienone is 2. The first-order valence-corrected chi connectivity index (χ1v) is 15.2. The summed E-state index contributed by atoms with van der Waals surface area (Å²) in [5.74, 6) is -3.09. The summed E-state index contributed by atoms with van der Waals surface area (Å²) in [6.45, 7) is 12.3. The molecule has 4 aliphatic rings. The van der Waals surface area contributed by atoms with Gasteiger partial charge in [0.25, 0.3) is 0 Å². The van der Waals surface area contributed by atoms with Crippen molar-refractivity contribution in [2.45, 2.75) is 117 Å². The Balaban J connectivity index is 1.77. The van der Waals surface area contributed by atoms with Gasteiger partial charge in [-0.3, -0.25) is 9.59 Å². The summed E-state index contributed by atoms with van der Waals surface area (Å²) in [5, 5.41) is 34.6. The first kappa shape index (κ1) is 31.6. The third kappa shape index (κ3) is 4.47. The van der Waals surface area contributed by atoms with Crippen LogP contribution >= 0.6 is 0 Å². The Bertz CT molecular complexity index is 1180. The molecule has 1 spiro atoms. The smallest absolute Gasteiger partial charge is 0.334 e. The standard InChI is InChI=1S/C33H48O8/c1-8-10-11-12-13-14-24(35)41-32-17-21(5)31-16-20(4)28(40-29(38)19(3)9-2)33(31,39)26(36)22(18-34)15-23(27(31)37)25(32)30(32,6)7/h9,15-16,21,23,25-26,28,34,36,39H,8,10-14,17-18H2,1-7H3/b19-9-/t21-,23+,25-,26-,28+,31+,32+,33+/m1/s1. The second-order valence-corrected chi connectivity index (χ2v) is 13.4. The zero-order chi connectivity index (χ0) is 30.5. The van der Waals surface area contributed by atoms with Crippen LogP contribution in [0.3, 0.4) is 0 Å². The summed E-state index contributed by atoms with van der Waals surface area (Å²) < 4.78 is 12.1. The molecule has 2 fully saturated rings. The fraction of sp³-hybridized carbons (Fsp3) is 0.727. The molecular weight excluding hydrogens is 524 g/mol. The highest BCUT2D eigenvalue weighted by Crippen LogP contribution is 2.75. The summed E-state index contributed by atoms with van der Waals surface area (Å²) >= 11 is 0. The van der Waals surface area contributed by atoms with Gasteiger partial charge in [-0.25, -0.2) is 4.79 Å². The van der Waals surface area contributed by atoms with E-state index < -0.39 is 64.6 Å². The molecule has 0 aromatic heterocycles. The van der Waals surface area contributed by atoms with E-state index in [1.807, 2.05) is 20.8 Å². The van der Waals surface area contributed by atoms with Crippen molar-refractivity contribution in [2.75, 3.05) is 6.61 Å². The topological polar surface area (TPSA) is 130 Å². The molecule has 0 heterocycles. The normalized spacial score (nSPS) is 39.0. The lowest BCUT2D eigenvalue weighted by atomic mass is 9.59. The van der Waals surface area contributed by atoms with E-state index in [0.717, 1.165) is 32.1 Å². The van der Waals surface area contributed by atoms with Crippen LogP contribution in [0.1, 0.15) is 93.4 Å². The maximum Gasteiger partial charge on any atom is 0.334 e. The second-order valence-electron chi connectivity index (χ2n) is 13.4. The molecule has 0 radical (unpaired) electrons. The molecular formula is C33H48O8. The number of aliphatic hydroxyl groups is 3. The molecule has 8 nitrogen and oxygen atoms in total. The molecule has 0 unspecified atom stereocenters. The average Bonchev–Trinajstić information content (AvgIpc) is 3.32. The van der Waals surface area contributed by atoms with Gasteiger partial charge in [0.1, 0.15) is 11.7 Å². The van der Waals surface area contributed by atoms with E-state index in [-0.39, 0.29) is 17.3 Å². The number of Topliss-reactive ketones (excluding diaryl/α,β-unsaturated/α-hetero) is 1. The molecule has 2 saturated carbocycles. The van der Waals surface area contributed by atoms with Gasteiger partial charge in [-0.2, -0.15) is 0 Å². The van der Waals surface area contributed by atoms with Crippen LogP contribution in [0, 0.1) is 28.6 Å². The zero-order valence-electron chi connectivity index (χ0n) is 25.7. The summed E-state index contributed by atoms with van der Waals surface area (Å²) in [4.78, 5) is 40.8. The Morgan fingerprint density at radius 2 is 1.83 bits per heavy atom. The zero-order valence-corrected chi connectivity index (χ0v) is 25.7. The third-order valence-corrected chi connectivity index (χ3v) is 10.8. The fourth-order valence-electron chi connectivity index (χ4n) is 8.34. The molecule has 0 saturated heterocycles. The first-order valence-electron chi connectivity index (χ1n) is 15.2. The molecule has 8 atom stereocenters. The Morgan fingerprint density at radius 1 is 1.17 bits per heavy atom. The fourth-order valence-corrected chi connectivity index (χ4v) is 8.34. The van der Waals surface area contributed by atoms with Gasteiger partial charge in [-0.1, -0.05) is 71.6 Å². The van der Waals surface area contributed by atoms with Crippen molar-refractivity contribution >= 4 is 17.7 Å². The van der Waals surface area contributed by atoms with Gasteiger partial charge < -0.3 is 24.8 Å². The number of hydrogen-bond donors (Lipinski definition) is 3. The average molecular weight is 573 g/mol. The molecule has 41 heavy (non-hydrogen) atoms. The van der Waals surface area contributed by atoms with Gasteiger partial charge >= 0.3 is 11.9 Å². The van der Waals surface area contributed by atoms with Crippen LogP contribution in [0.25, 0.3) is 0 Å². The van der Waals surface area contributed by atoms with Crippen molar-refractivity contribution < 1.29 is 39.2 Å². The number of unbranched alkanes of at least 4 members (excludes halogenated alkanes) is 4. The number of ether oxygens (including phenoxy) is 2. The SMILES string of the molecule is C/C=C(/C)C(=O)O[C@H]1C(C)=C[C@]23C(=O)[C@@H](C=C(CO)[C@@H](O)[C@]12O)[C@@H]1C(C)(C)[C@]1(OC(=O)CCCCCCC)C[C@H]3C. The number of esters is 2. The summed E-state index contributed by atoms with van der Waals surface area (Å²) in [7, 11) is 0. The number of ketones is 1. The van der Waals surface area contributed by atoms with E-state index in [4.69, 9.17) is 9.47 Å². The lowest BCUT2D eigenvalue weighted by Crippen LogP contribution is -2.66. The largest absolute Gasteiger partial charge is 0.458 e.